The molecule has 2 amide bonds. The van der Waals surface area contributed by atoms with Crippen molar-refractivity contribution in [3.05, 3.63) is 0 Å². The standard InChI is InChI=1S/C14H24N2O3/c1-10-4-3-7-16(11(10)2)14(19)15(9-13(17)18)8-12-5-6-12/h10-12H,3-9H2,1-2H3,(H,17,18). The average Bonchev–Trinajstić information content (AvgIpc) is 3.14. The fraction of sp³-hybridized carbons (Fsp3) is 0.857. The number of nitrogens with zero attached hydrogens (tertiary/aromatic N) is 2. The lowest BCUT2D eigenvalue weighted by Gasteiger charge is -2.40. The van der Waals surface area contributed by atoms with Gasteiger partial charge in [-0.3, -0.25) is 4.79 Å². The molecule has 2 unspecified atom stereocenters. The van der Waals surface area contributed by atoms with Crippen molar-refractivity contribution >= 4 is 12.0 Å². The lowest BCUT2D eigenvalue weighted by Crippen LogP contribution is -2.53. The number of urea groups is 1. The Labute approximate surface area is 114 Å². The van der Waals surface area contributed by atoms with Crippen molar-refractivity contribution in [2.24, 2.45) is 11.8 Å². The third kappa shape index (κ3) is 3.61. The van der Waals surface area contributed by atoms with Crippen LogP contribution in [0.25, 0.3) is 0 Å². The molecule has 1 saturated heterocycles. The first kappa shape index (κ1) is 14.2. The van der Waals surface area contributed by atoms with Crippen LogP contribution in [0.5, 0.6) is 0 Å². The van der Waals surface area contributed by atoms with Gasteiger partial charge in [-0.05, 0) is 44.4 Å². The second-order valence-electron chi connectivity index (χ2n) is 6.05. The topological polar surface area (TPSA) is 60.9 Å². The first-order valence-electron chi connectivity index (χ1n) is 7.26. The van der Waals surface area contributed by atoms with Crippen molar-refractivity contribution in [2.45, 2.75) is 45.6 Å². The Balaban J connectivity index is 2.01. The smallest absolute Gasteiger partial charge is 0.323 e. The number of hydrogen-bond acceptors (Lipinski definition) is 2. The number of piperidine rings is 1. The van der Waals surface area contributed by atoms with Crippen LogP contribution < -0.4 is 0 Å². The first-order chi connectivity index (χ1) is 8.99. The van der Waals surface area contributed by atoms with Gasteiger partial charge in [0.25, 0.3) is 0 Å². The molecule has 1 aliphatic heterocycles. The van der Waals surface area contributed by atoms with Crippen LogP contribution in [-0.4, -0.2) is 52.6 Å². The third-order valence-corrected chi connectivity index (χ3v) is 4.39. The van der Waals surface area contributed by atoms with Crippen LogP contribution in [0.2, 0.25) is 0 Å². The number of carbonyl (C=O) groups excluding carboxylic acids is 1. The molecule has 1 N–H and O–H groups in total. The van der Waals surface area contributed by atoms with Gasteiger partial charge in [0, 0.05) is 19.1 Å². The molecule has 1 heterocycles. The summed E-state index contributed by atoms with van der Waals surface area (Å²) < 4.78 is 0. The quantitative estimate of drug-likeness (QED) is 0.848. The predicted octanol–water partition coefficient (Wildman–Crippen LogP) is 2.02. The lowest BCUT2D eigenvalue weighted by molar-refractivity contribution is -0.137. The SMILES string of the molecule is CC1CCCN(C(=O)N(CC(=O)O)CC2CC2)C1C. The highest BCUT2D eigenvalue weighted by Crippen LogP contribution is 2.31. The van der Waals surface area contributed by atoms with E-state index in [0.29, 0.717) is 18.4 Å². The molecular formula is C14H24N2O3. The second-order valence-corrected chi connectivity index (χ2v) is 6.05. The molecule has 2 aliphatic rings. The van der Waals surface area contributed by atoms with Crippen LogP contribution in [0.1, 0.15) is 39.5 Å². The molecule has 5 nitrogen and oxygen atoms in total. The van der Waals surface area contributed by atoms with Crippen molar-refractivity contribution in [2.75, 3.05) is 19.6 Å². The van der Waals surface area contributed by atoms with E-state index in [2.05, 4.69) is 13.8 Å². The van der Waals surface area contributed by atoms with Gasteiger partial charge in [-0.2, -0.15) is 0 Å². The van der Waals surface area contributed by atoms with Crippen LogP contribution in [0.15, 0.2) is 0 Å². The summed E-state index contributed by atoms with van der Waals surface area (Å²) in [4.78, 5) is 26.9. The van der Waals surface area contributed by atoms with Crippen molar-refractivity contribution in [1.29, 1.82) is 0 Å². The van der Waals surface area contributed by atoms with E-state index in [1.807, 2.05) is 4.90 Å². The van der Waals surface area contributed by atoms with E-state index in [0.717, 1.165) is 32.2 Å². The van der Waals surface area contributed by atoms with Crippen LogP contribution >= 0.6 is 0 Å². The Morgan fingerprint density at radius 2 is 1.95 bits per heavy atom. The Morgan fingerprint density at radius 3 is 2.53 bits per heavy atom. The third-order valence-electron chi connectivity index (χ3n) is 4.39. The van der Waals surface area contributed by atoms with E-state index in [9.17, 15) is 9.59 Å². The highest BCUT2D eigenvalue weighted by molar-refractivity contribution is 5.80. The van der Waals surface area contributed by atoms with Crippen LogP contribution in [0, 0.1) is 11.8 Å². The maximum absolute atomic E-state index is 12.5. The van der Waals surface area contributed by atoms with Gasteiger partial charge in [-0.25, -0.2) is 4.79 Å². The Kier molecular flexibility index (Phi) is 4.32. The zero-order valence-electron chi connectivity index (χ0n) is 11.8. The second kappa shape index (κ2) is 5.80. The van der Waals surface area contributed by atoms with E-state index in [1.165, 1.54) is 4.90 Å². The molecule has 108 valence electrons. The van der Waals surface area contributed by atoms with Gasteiger partial charge >= 0.3 is 12.0 Å². The van der Waals surface area contributed by atoms with Crippen molar-refractivity contribution in [1.82, 2.24) is 9.80 Å². The number of carboxylic acid groups (broad SMARTS) is 1. The zero-order valence-corrected chi connectivity index (χ0v) is 11.8. The largest absolute Gasteiger partial charge is 0.480 e. The molecule has 5 heteroatoms. The summed E-state index contributed by atoms with van der Waals surface area (Å²) in [6.07, 6.45) is 4.40. The zero-order chi connectivity index (χ0) is 14.0. The summed E-state index contributed by atoms with van der Waals surface area (Å²) in [6, 6.07) is 0.116. The summed E-state index contributed by atoms with van der Waals surface area (Å²) in [7, 11) is 0. The minimum Gasteiger partial charge on any atom is -0.480 e. The van der Waals surface area contributed by atoms with Crippen LogP contribution in [-0.2, 0) is 4.79 Å². The van der Waals surface area contributed by atoms with E-state index < -0.39 is 5.97 Å². The molecule has 2 atom stereocenters. The maximum atomic E-state index is 12.5. The minimum absolute atomic E-state index is 0.0895. The molecule has 0 aromatic carbocycles. The van der Waals surface area contributed by atoms with Crippen molar-refractivity contribution in [3.63, 3.8) is 0 Å². The van der Waals surface area contributed by atoms with Crippen molar-refractivity contribution < 1.29 is 14.7 Å². The molecule has 0 radical (unpaired) electrons. The van der Waals surface area contributed by atoms with Gasteiger partial charge in [0.1, 0.15) is 6.54 Å². The van der Waals surface area contributed by atoms with Gasteiger partial charge in [-0.15, -0.1) is 0 Å². The number of aliphatic carboxylic acids is 1. The number of likely N-dealkylation sites (tertiary alicyclic amines) is 1. The number of amides is 2. The van der Waals surface area contributed by atoms with Gasteiger partial charge in [-0.1, -0.05) is 6.92 Å². The van der Waals surface area contributed by atoms with E-state index in [-0.39, 0.29) is 18.6 Å². The molecular weight excluding hydrogens is 244 g/mol. The number of carbonyl (C=O) groups is 2. The average molecular weight is 268 g/mol. The summed E-state index contributed by atoms with van der Waals surface area (Å²) in [5.41, 5.74) is 0. The highest BCUT2D eigenvalue weighted by atomic mass is 16.4. The maximum Gasteiger partial charge on any atom is 0.323 e. The molecule has 2 rings (SSSR count). The number of carboxylic acids is 1. The van der Waals surface area contributed by atoms with E-state index >= 15 is 0 Å². The normalized spacial score (nSPS) is 27.2. The molecule has 1 aliphatic carbocycles. The highest BCUT2D eigenvalue weighted by Gasteiger charge is 2.34. The molecule has 0 aromatic heterocycles. The Bertz CT molecular complexity index is 355. The van der Waals surface area contributed by atoms with E-state index in [4.69, 9.17) is 5.11 Å². The fourth-order valence-electron chi connectivity index (χ4n) is 2.77. The lowest BCUT2D eigenvalue weighted by atomic mass is 9.92. The monoisotopic (exact) mass is 268 g/mol. The molecule has 0 aromatic rings. The fourth-order valence-corrected chi connectivity index (χ4v) is 2.77. The Morgan fingerprint density at radius 1 is 1.26 bits per heavy atom. The first-order valence-corrected chi connectivity index (χ1v) is 7.26. The molecule has 1 saturated carbocycles. The van der Waals surface area contributed by atoms with Crippen molar-refractivity contribution in [3.8, 4) is 0 Å². The van der Waals surface area contributed by atoms with E-state index in [1.54, 1.807) is 0 Å². The van der Waals surface area contributed by atoms with Gasteiger partial charge < -0.3 is 14.9 Å². The molecule has 0 spiro atoms. The Hall–Kier alpha value is -1.26. The van der Waals surface area contributed by atoms with Gasteiger partial charge in [0.2, 0.25) is 0 Å². The summed E-state index contributed by atoms with van der Waals surface area (Å²) in [5.74, 6) is 0.0813. The summed E-state index contributed by atoms with van der Waals surface area (Å²) in [6.45, 7) is 5.41. The van der Waals surface area contributed by atoms with Crippen LogP contribution in [0.4, 0.5) is 4.79 Å². The van der Waals surface area contributed by atoms with Gasteiger partial charge in [0.15, 0.2) is 0 Å². The van der Waals surface area contributed by atoms with Gasteiger partial charge in [0.05, 0.1) is 0 Å². The summed E-state index contributed by atoms with van der Waals surface area (Å²) >= 11 is 0. The van der Waals surface area contributed by atoms with Crippen LogP contribution in [0.3, 0.4) is 0 Å². The number of hydrogen-bond donors (Lipinski definition) is 1. The molecule has 0 bridgehead atoms. The molecule has 2 fully saturated rings. The molecule has 19 heavy (non-hydrogen) atoms. The summed E-state index contributed by atoms with van der Waals surface area (Å²) in [5, 5.41) is 8.97. The predicted molar refractivity (Wildman–Crippen MR) is 71.9 cm³/mol. The number of rotatable bonds is 4. The minimum atomic E-state index is -0.924.